The molecule has 0 saturated heterocycles. The third kappa shape index (κ3) is 7.19. The summed E-state index contributed by atoms with van der Waals surface area (Å²) >= 11 is 1.38. The molecule has 0 aliphatic heterocycles. The van der Waals surface area contributed by atoms with E-state index in [1.165, 1.54) is 11.3 Å². The highest BCUT2D eigenvalue weighted by Crippen LogP contribution is 2.28. The van der Waals surface area contributed by atoms with Crippen molar-refractivity contribution in [2.45, 2.75) is 39.5 Å². The molecule has 2 rings (SSSR count). The highest BCUT2D eigenvalue weighted by molar-refractivity contribution is 7.13. The van der Waals surface area contributed by atoms with Gasteiger partial charge >= 0.3 is 5.97 Å². The van der Waals surface area contributed by atoms with Crippen molar-refractivity contribution in [2.75, 3.05) is 25.7 Å². The van der Waals surface area contributed by atoms with Gasteiger partial charge < -0.3 is 14.2 Å². The van der Waals surface area contributed by atoms with Crippen LogP contribution in [0.15, 0.2) is 28.7 Å². The first-order valence-corrected chi connectivity index (χ1v) is 10.2. The number of hydrazone groups is 1. The first kappa shape index (κ1) is 21.7. The fourth-order valence-corrected chi connectivity index (χ4v) is 3.04. The molecule has 0 saturated carbocycles. The van der Waals surface area contributed by atoms with E-state index < -0.39 is 0 Å². The van der Waals surface area contributed by atoms with E-state index in [0.29, 0.717) is 29.8 Å². The van der Waals surface area contributed by atoms with E-state index >= 15 is 0 Å². The minimum Gasteiger partial charge on any atom is -0.493 e. The Bertz CT molecular complexity index is 777. The molecule has 0 amide bonds. The van der Waals surface area contributed by atoms with Crippen LogP contribution in [0.1, 0.15) is 44.4 Å². The smallest absolute Gasteiger partial charge is 0.311 e. The van der Waals surface area contributed by atoms with Crippen LogP contribution in [0, 0.1) is 0 Å². The predicted molar refractivity (Wildman–Crippen MR) is 112 cm³/mol. The molecule has 152 valence electrons. The van der Waals surface area contributed by atoms with Crippen molar-refractivity contribution in [1.82, 2.24) is 4.98 Å². The van der Waals surface area contributed by atoms with E-state index in [2.05, 4.69) is 22.4 Å². The number of carbonyl (C=O) groups is 1. The second-order valence-corrected chi connectivity index (χ2v) is 6.82. The number of unbranched alkanes of at least 4 members (excludes halogenated alkanes) is 2. The van der Waals surface area contributed by atoms with Crippen molar-refractivity contribution in [2.24, 2.45) is 5.10 Å². The Kier molecular flexibility index (Phi) is 9.27. The van der Waals surface area contributed by atoms with Crippen LogP contribution in [0.2, 0.25) is 0 Å². The summed E-state index contributed by atoms with van der Waals surface area (Å²) < 4.78 is 16.1. The molecule has 1 aromatic carbocycles. The van der Waals surface area contributed by atoms with Gasteiger partial charge in [0.1, 0.15) is 0 Å². The van der Waals surface area contributed by atoms with Gasteiger partial charge in [0.05, 0.1) is 38.7 Å². The number of nitrogens with one attached hydrogen (secondary N) is 1. The van der Waals surface area contributed by atoms with Crippen molar-refractivity contribution in [3.8, 4) is 11.5 Å². The Balaban J connectivity index is 1.89. The van der Waals surface area contributed by atoms with Gasteiger partial charge in [0, 0.05) is 5.38 Å². The first-order chi connectivity index (χ1) is 13.7. The normalized spacial score (nSPS) is 10.8. The maximum Gasteiger partial charge on any atom is 0.311 e. The average Bonchev–Trinajstić information content (AvgIpc) is 3.13. The Morgan fingerprint density at radius 3 is 2.89 bits per heavy atom. The van der Waals surface area contributed by atoms with E-state index in [-0.39, 0.29) is 12.4 Å². The van der Waals surface area contributed by atoms with Crippen LogP contribution in [0.3, 0.4) is 0 Å². The fourth-order valence-electron chi connectivity index (χ4n) is 2.38. The number of nitrogens with zero attached hydrogens (tertiary/aromatic N) is 2. The molecule has 1 N–H and O–H groups in total. The van der Waals surface area contributed by atoms with Crippen LogP contribution >= 0.6 is 11.3 Å². The zero-order valence-electron chi connectivity index (χ0n) is 16.6. The number of rotatable bonds is 12. The maximum absolute atomic E-state index is 11.5. The number of esters is 1. The molecular formula is C20H27N3O4S. The largest absolute Gasteiger partial charge is 0.493 e. The first-order valence-electron chi connectivity index (χ1n) is 9.36. The molecule has 0 aliphatic carbocycles. The van der Waals surface area contributed by atoms with Gasteiger partial charge in [0.2, 0.25) is 5.13 Å². The molecule has 28 heavy (non-hydrogen) atoms. The molecule has 2 aromatic rings. The lowest BCUT2D eigenvalue weighted by Crippen LogP contribution is -2.07. The number of hydrogen-bond donors (Lipinski definition) is 1. The van der Waals surface area contributed by atoms with Crippen LogP contribution < -0.4 is 14.9 Å². The van der Waals surface area contributed by atoms with Crippen molar-refractivity contribution in [1.29, 1.82) is 0 Å². The van der Waals surface area contributed by atoms with Gasteiger partial charge in [-0.05, 0) is 37.1 Å². The molecule has 0 spiro atoms. The number of thiazole rings is 1. The standard InChI is InChI=1S/C20H27N3O4S/c1-4-6-7-10-27-17-9-8-15(11-18(17)25-3)13-21-23-20-22-16(14-28-20)12-19(24)26-5-2/h8-9,11,13-14H,4-7,10,12H2,1-3H3,(H,22,23)/b21-13-. The number of aromatic nitrogens is 1. The number of hydrogen-bond acceptors (Lipinski definition) is 8. The van der Waals surface area contributed by atoms with Gasteiger partial charge in [-0.2, -0.15) is 5.10 Å². The van der Waals surface area contributed by atoms with Crippen molar-refractivity contribution >= 4 is 28.7 Å². The molecular weight excluding hydrogens is 378 g/mol. The maximum atomic E-state index is 11.5. The highest BCUT2D eigenvalue weighted by Gasteiger charge is 2.08. The van der Waals surface area contributed by atoms with Crippen LogP contribution in [0.25, 0.3) is 0 Å². The molecule has 1 aromatic heterocycles. The van der Waals surface area contributed by atoms with Crippen LogP contribution in [-0.2, 0) is 16.0 Å². The van der Waals surface area contributed by atoms with Gasteiger partial charge in [0.15, 0.2) is 11.5 Å². The van der Waals surface area contributed by atoms with Gasteiger partial charge in [0.25, 0.3) is 0 Å². The molecule has 0 aliphatic rings. The van der Waals surface area contributed by atoms with Crippen LogP contribution in [0.4, 0.5) is 5.13 Å². The second-order valence-electron chi connectivity index (χ2n) is 5.96. The molecule has 7 nitrogen and oxygen atoms in total. The van der Waals surface area contributed by atoms with E-state index in [0.717, 1.165) is 30.6 Å². The zero-order chi connectivity index (χ0) is 20.2. The third-order valence-corrected chi connectivity index (χ3v) is 4.55. The minimum absolute atomic E-state index is 0.159. The number of anilines is 1. The quantitative estimate of drug-likeness (QED) is 0.246. The molecule has 0 fully saturated rings. The van der Waals surface area contributed by atoms with Gasteiger partial charge in [-0.15, -0.1) is 11.3 Å². The van der Waals surface area contributed by atoms with Crippen LogP contribution in [-0.4, -0.2) is 37.5 Å². The highest BCUT2D eigenvalue weighted by atomic mass is 32.1. The fraction of sp³-hybridized carbons (Fsp3) is 0.450. The SMILES string of the molecule is CCCCCOc1ccc(/C=N\Nc2nc(CC(=O)OCC)cs2)cc1OC. The summed E-state index contributed by atoms with van der Waals surface area (Å²) in [5.74, 6) is 1.12. The summed E-state index contributed by atoms with van der Waals surface area (Å²) in [5.41, 5.74) is 4.40. The zero-order valence-corrected chi connectivity index (χ0v) is 17.4. The molecule has 0 bridgehead atoms. The third-order valence-electron chi connectivity index (χ3n) is 3.75. The molecule has 0 unspecified atom stereocenters. The Morgan fingerprint density at radius 1 is 1.29 bits per heavy atom. The lowest BCUT2D eigenvalue weighted by atomic mass is 10.2. The summed E-state index contributed by atoms with van der Waals surface area (Å²) in [4.78, 5) is 15.8. The monoisotopic (exact) mass is 405 g/mol. The minimum atomic E-state index is -0.285. The molecule has 0 atom stereocenters. The summed E-state index contributed by atoms with van der Waals surface area (Å²) in [6.07, 6.45) is 5.17. The van der Waals surface area contributed by atoms with Gasteiger partial charge in [-0.3, -0.25) is 10.2 Å². The van der Waals surface area contributed by atoms with E-state index in [1.54, 1.807) is 20.2 Å². The van der Waals surface area contributed by atoms with E-state index in [1.807, 2.05) is 23.6 Å². The topological polar surface area (TPSA) is 82.0 Å². The average molecular weight is 406 g/mol. The van der Waals surface area contributed by atoms with Gasteiger partial charge in [-0.1, -0.05) is 19.8 Å². The number of benzene rings is 1. The predicted octanol–water partition coefficient (Wildman–Crippen LogP) is 4.27. The van der Waals surface area contributed by atoms with E-state index in [9.17, 15) is 4.79 Å². The number of carbonyl (C=O) groups excluding carboxylic acids is 1. The number of methoxy groups -OCH3 is 1. The number of ether oxygens (including phenoxy) is 3. The van der Waals surface area contributed by atoms with Crippen molar-refractivity contribution < 1.29 is 19.0 Å². The lowest BCUT2D eigenvalue weighted by molar-refractivity contribution is -0.142. The molecule has 0 radical (unpaired) electrons. The molecule has 8 heteroatoms. The Hall–Kier alpha value is -2.61. The van der Waals surface area contributed by atoms with Crippen molar-refractivity contribution in [3.63, 3.8) is 0 Å². The van der Waals surface area contributed by atoms with E-state index in [4.69, 9.17) is 14.2 Å². The van der Waals surface area contributed by atoms with Crippen molar-refractivity contribution in [3.05, 3.63) is 34.8 Å². The second kappa shape index (κ2) is 12.0. The Morgan fingerprint density at radius 2 is 2.14 bits per heavy atom. The summed E-state index contributed by atoms with van der Waals surface area (Å²) in [7, 11) is 1.62. The summed E-state index contributed by atoms with van der Waals surface area (Å²) in [6.45, 7) is 4.98. The summed E-state index contributed by atoms with van der Waals surface area (Å²) in [5, 5.41) is 6.61. The summed E-state index contributed by atoms with van der Waals surface area (Å²) in [6, 6.07) is 5.66. The Labute approximate surface area is 169 Å². The molecule has 1 heterocycles. The lowest BCUT2D eigenvalue weighted by Gasteiger charge is -2.11. The van der Waals surface area contributed by atoms with Crippen LogP contribution in [0.5, 0.6) is 11.5 Å². The van der Waals surface area contributed by atoms with Gasteiger partial charge in [-0.25, -0.2) is 4.98 Å².